The van der Waals surface area contributed by atoms with Crippen LogP contribution in [0.25, 0.3) is 110 Å². The van der Waals surface area contributed by atoms with E-state index in [4.69, 9.17) is 37.9 Å². The van der Waals surface area contributed by atoms with Gasteiger partial charge >= 0.3 is 0 Å². The highest BCUT2D eigenvalue weighted by Gasteiger charge is 2.52. The molecule has 0 radical (unpaired) electrons. The van der Waals surface area contributed by atoms with Crippen molar-refractivity contribution in [1.82, 2.24) is 18.3 Å². The molecule has 12 aliphatic rings. The summed E-state index contributed by atoms with van der Waals surface area (Å²) < 4.78 is 60.8. The maximum absolute atomic E-state index is 6.40. The number of aryl methyl sites for hydroxylation is 4. The van der Waals surface area contributed by atoms with Crippen LogP contribution in [0.15, 0.2) is 267 Å². The van der Waals surface area contributed by atoms with E-state index in [0.29, 0.717) is 0 Å². The third kappa shape index (κ3) is 7.28. The summed E-state index contributed by atoms with van der Waals surface area (Å²) in [5, 5.41) is 10.3. The molecule has 20 aromatic rings. The van der Waals surface area contributed by atoms with Crippen LogP contribution in [0.5, 0.6) is 92.0 Å². The molecule has 16 aromatic carbocycles. The molecule has 0 fully saturated rings. The van der Waals surface area contributed by atoms with Crippen molar-refractivity contribution in [2.75, 3.05) is 0 Å². The first-order valence-corrected chi connectivity index (χ1v) is 40.0. The Kier molecular flexibility index (Phi) is 11.0. The van der Waals surface area contributed by atoms with Crippen molar-refractivity contribution in [2.45, 2.75) is 27.7 Å². The maximum Gasteiger partial charge on any atom is 0.266 e. The van der Waals surface area contributed by atoms with Gasteiger partial charge in [0.1, 0.15) is 92.0 Å². The van der Waals surface area contributed by atoms with Crippen LogP contribution < -0.4 is 103 Å². The van der Waals surface area contributed by atoms with E-state index in [9.17, 15) is 0 Å². The van der Waals surface area contributed by atoms with Gasteiger partial charge in [0, 0.05) is 87.7 Å². The number of hydrogen-bond acceptors (Lipinski definition) is 8. The first-order valence-electron chi connectivity index (χ1n) is 40.0. The number of fused-ring (bicyclic) bond motifs is 16. The molecule has 16 heterocycles. The zero-order valence-corrected chi connectivity index (χ0v) is 62.8. The van der Waals surface area contributed by atoms with Crippen LogP contribution in [-0.4, -0.2) is 45.1 Å². The maximum atomic E-state index is 6.40. The molecule has 0 N–H and O–H groups in total. The number of benzene rings is 16. The fourth-order valence-electron chi connectivity index (χ4n) is 22.6. The number of aromatic nitrogens is 4. The minimum atomic E-state index is 0.143. The summed E-state index contributed by atoms with van der Waals surface area (Å²) in [6.07, 6.45) is 0. The second-order valence-corrected chi connectivity index (χ2v) is 32.8. The quantitative estimate of drug-likeness (QED) is 0.139. The van der Waals surface area contributed by atoms with Crippen LogP contribution >= 0.6 is 0 Å². The summed E-state index contributed by atoms with van der Waals surface area (Å²) in [6.45, 7) is 9.28. The molecular weight excluding hydrogens is 1430 g/mol. The van der Waals surface area contributed by atoms with Crippen molar-refractivity contribution >= 4 is 180 Å². The van der Waals surface area contributed by atoms with Crippen molar-refractivity contribution in [1.29, 1.82) is 0 Å². The fourth-order valence-corrected chi connectivity index (χ4v) is 22.6. The van der Waals surface area contributed by atoms with Crippen LogP contribution in [0.4, 0.5) is 0 Å². The van der Waals surface area contributed by atoms with Gasteiger partial charge in [-0.2, -0.15) is 0 Å². The number of rotatable bonds is 0. The Bertz CT molecular complexity index is 8100. The van der Waals surface area contributed by atoms with E-state index in [0.717, 1.165) is 114 Å². The summed E-state index contributed by atoms with van der Waals surface area (Å²) in [5.41, 5.74) is 34.7. The molecule has 32 rings (SSSR count). The summed E-state index contributed by atoms with van der Waals surface area (Å²) in [6, 6.07) is 94.2. The molecule has 16 heteroatoms. The Hall–Kier alpha value is -14.6. The monoisotopic (exact) mass is 1480 g/mol. The van der Waals surface area contributed by atoms with Crippen molar-refractivity contribution in [3.8, 4) is 115 Å². The predicted molar refractivity (Wildman–Crippen MR) is 467 cm³/mol. The number of ether oxygens (including phenoxy) is 8. The van der Waals surface area contributed by atoms with Crippen LogP contribution in [0.1, 0.15) is 22.3 Å². The van der Waals surface area contributed by atoms with Crippen molar-refractivity contribution in [2.24, 2.45) is 0 Å². The minimum Gasteiger partial charge on any atom is -0.458 e. The summed E-state index contributed by atoms with van der Waals surface area (Å²) in [4.78, 5) is 0. The van der Waals surface area contributed by atoms with E-state index in [-0.39, 0.29) is 26.9 Å². The Morgan fingerprint density at radius 2 is 0.500 bits per heavy atom. The summed E-state index contributed by atoms with van der Waals surface area (Å²) in [7, 11) is 0. The second kappa shape index (κ2) is 21.0. The van der Waals surface area contributed by atoms with Gasteiger partial charge in [0.15, 0.2) is 0 Å². The third-order valence-corrected chi connectivity index (χ3v) is 26.9. The molecule has 0 bridgehead atoms. The first kappa shape index (κ1) is 61.0. The Morgan fingerprint density at radius 1 is 0.190 bits per heavy atom. The molecule has 0 saturated carbocycles. The summed E-state index contributed by atoms with van der Waals surface area (Å²) >= 11 is 0. The summed E-state index contributed by atoms with van der Waals surface area (Å²) in [5.74, 6) is 14.8. The lowest BCUT2D eigenvalue weighted by atomic mass is 9.33. The van der Waals surface area contributed by atoms with E-state index in [1.54, 1.807) is 0 Å². The van der Waals surface area contributed by atoms with Crippen LogP contribution in [0.2, 0.25) is 0 Å². The standard InChI is InChI=1S/4C25H14BNO2/c1-13-5-2-6-14-15-11-12-20-23-25(15)27(24(13)14)16-7-3-8-17-21(16)26(23)22-18(28-17)9-4-10-19(22)29-20;1-13-8-10-16-15(12-13)14-9-11-21-24-25(14)27(16)17-4-2-5-18-22(17)26(24)23-19(28-18)6-3-7-20(23)29-21;1-13-8-9-14-15-10-11-21-24-25(15)27(17(14)12-13)16-4-2-5-18-22(16)26(24)23-19(28-18)6-3-7-20(23)29-21;1-13-9-11-19-22-24(13)27-16-6-3-2-5-14(16)15-10-12-20-23(25(15)27)26(22)21-17(28-19)7-4-8-18(21)29-20/h4*2-12H,1H3. The van der Waals surface area contributed by atoms with Gasteiger partial charge in [-0.15, -0.1) is 0 Å². The predicted octanol–water partition coefficient (Wildman–Crippen LogP) is 16.5. The van der Waals surface area contributed by atoms with Gasteiger partial charge in [-0.05, 0) is 252 Å². The number of nitrogens with zero attached hydrogens (tertiary/aromatic N) is 4. The molecule has 0 spiro atoms. The minimum absolute atomic E-state index is 0.143. The molecule has 536 valence electrons. The molecule has 12 nitrogen and oxygen atoms in total. The highest BCUT2D eigenvalue weighted by atomic mass is 16.5. The molecule has 0 amide bonds. The van der Waals surface area contributed by atoms with E-state index in [1.165, 1.54) is 176 Å². The number of hydrogen-bond donors (Lipinski definition) is 0. The Morgan fingerprint density at radius 3 is 0.991 bits per heavy atom. The van der Waals surface area contributed by atoms with Gasteiger partial charge in [0.2, 0.25) is 0 Å². The van der Waals surface area contributed by atoms with E-state index < -0.39 is 0 Å². The molecule has 0 aliphatic carbocycles. The second-order valence-electron chi connectivity index (χ2n) is 32.8. The lowest BCUT2D eigenvalue weighted by molar-refractivity contribution is 0.463. The smallest absolute Gasteiger partial charge is 0.266 e. The van der Waals surface area contributed by atoms with E-state index in [2.05, 4.69) is 289 Å². The van der Waals surface area contributed by atoms with Gasteiger partial charge in [0.05, 0.1) is 44.1 Å². The number of para-hydroxylation sites is 2. The molecular formula is C100H56B4N4O8. The molecule has 4 aromatic heterocycles. The Labute approximate surface area is 663 Å². The highest BCUT2D eigenvalue weighted by Crippen LogP contribution is 2.50. The van der Waals surface area contributed by atoms with Crippen LogP contribution in [0.3, 0.4) is 0 Å². The highest BCUT2D eigenvalue weighted by molar-refractivity contribution is 7.03. The Balaban J connectivity index is 0.0000000794. The lowest BCUT2D eigenvalue weighted by Gasteiger charge is -2.38. The van der Waals surface area contributed by atoms with Gasteiger partial charge in [-0.25, -0.2) is 0 Å². The third-order valence-electron chi connectivity index (χ3n) is 26.9. The zero-order chi connectivity index (χ0) is 75.4. The van der Waals surface area contributed by atoms with Crippen molar-refractivity contribution in [3.63, 3.8) is 0 Å². The largest absolute Gasteiger partial charge is 0.458 e. The van der Waals surface area contributed by atoms with Crippen molar-refractivity contribution in [3.05, 3.63) is 289 Å². The molecule has 116 heavy (non-hydrogen) atoms. The normalized spacial score (nSPS) is 14.2. The van der Waals surface area contributed by atoms with Gasteiger partial charge in [-0.1, -0.05) is 109 Å². The average Bonchev–Trinajstić information content (AvgIpc) is 1.47. The molecule has 0 unspecified atom stereocenters. The van der Waals surface area contributed by atoms with Crippen LogP contribution in [0, 0.1) is 27.7 Å². The average molecular weight is 1480 g/mol. The van der Waals surface area contributed by atoms with Crippen LogP contribution in [-0.2, 0) is 0 Å². The van der Waals surface area contributed by atoms with Gasteiger partial charge in [0.25, 0.3) is 26.9 Å². The van der Waals surface area contributed by atoms with Crippen molar-refractivity contribution < 1.29 is 37.9 Å². The zero-order valence-electron chi connectivity index (χ0n) is 62.8. The fraction of sp³-hybridized carbons (Fsp3) is 0.0400. The lowest BCUT2D eigenvalue weighted by Crippen LogP contribution is -2.60. The molecule has 12 aliphatic heterocycles. The van der Waals surface area contributed by atoms with Gasteiger partial charge in [-0.3, -0.25) is 0 Å². The van der Waals surface area contributed by atoms with E-state index in [1.807, 2.05) is 24.3 Å². The molecule has 0 atom stereocenters. The van der Waals surface area contributed by atoms with Gasteiger partial charge < -0.3 is 56.2 Å². The topological polar surface area (TPSA) is 93.6 Å². The SMILES string of the molecule is Cc1ccc2c(c1)c1ccc3c4c1n2-c1cccc2c1B4c1c(cccc1O3)O2.Cc1ccc2c3c1-n1c4ccccc4c4ccc5c(c41)B3c1c(cccc1O5)O2.Cc1ccc2c3ccc4c5c3n(c2c1)-c1cccc2c1B5c1c(cccc1O4)O2.Cc1cccc2c3ccc4c5c3n(c12)-c1cccc2c1B5c1c(cccc1O4)O2. The first-order chi connectivity index (χ1) is 57.2. The molecule has 0 saturated heterocycles. The van der Waals surface area contributed by atoms with E-state index >= 15 is 0 Å².